The van der Waals surface area contributed by atoms with Crippen LogP contribution in [0.4, 0.5) is 10.1 Å². The predicted octanol–water partition coefficient (Wildman–Crippen LogP) is 1.93. The van der Waals surface area contributed by atoms with Crippen molar-refractivity contribution in [3.8, 4) is 0 Å². The minimum absolute atomic E-state index is 0.0413. The molecule has 16 heavy (non-hydrogen) atoms. The summed E-state index contributed by atoms with van der Waals surface area (Å²) in [7, 11) is 0. The molecule has 1 heterocycles. The zero-order valence-electron chi connectivity index (χ0n) is 8.49. The Balaban J connectivity index is 2.28. The van der Waals surface area contributed by atoms with E-state index >= 15 is 0 Å². The Hall–Kier alpha value is -0.940. The number of hydrogen-bond donors (Lipinski definition) is 1. The van der Waals surface area contributed by atoms with Gasteiger partial charge in [0.15, 0.2) is 0 Å². The van der Waals surface area contributed by atoms with E-state index in [4.69, 9.17) is 5.11 Å². The van der Waals surface area contributed by atoms with Crippen molar-refractivity contribution in [2.45, 2.75) is 6.42 Å². The summed E-state index contributed by atoms with van der Waals surface area (Å²) in [5, 5.41) is 8.98. The Labute approximate surface area is 101 Å². The van der Waals surface area contributed by atoms with Crippen molar-refractivity contribution in [1.82, 2.24) is 0 Å². The van der Waals surface area contributed by atoms with Crippen molar-refractivity contribution in [2.24, 2.45) is 5.92 Å². The van der Waals surface area contributed by atoms with Crippen LogP contribution in [-0.4, -0.2) is 24.2 Å². The van der Waals surface area contributed by atoms with Gasteiger partial charge < -0.3 is 10.0 Å². The smallest absolute Gasteiger partial charge is 0.227 e. The molecule has 0 bridgehead atoms. The largest absolute Gasteiger partial charge is 0.396 e. The molecule has 1 N–H and O–H groups in total. The number of halogens is 2. The molecule has 1 saturated heterocycles. The number of aliphatic hydroxyl groups is 1. The third-order valence-corrected chi connectivity index (χ3v) is 3.16. The number of rotatable bonds is 2. The minimum atomic E-state index is -0.429. The van der Waals surface area contributed by atoms with Crippen LogP contribution in [0.1, 0.15) is 6.42 Å². The van der Waals surface area contributed by atoms with Gasteiger partial charge in [-0.15, -0.1) is 0 Å². The molecule has 0 saturated carbocycles. The van der Waals surface area contributed by atoms with Gasteiger partial charge in [0.2, 0.25) is 5.91 Å². The third-order valence-electron chi connectivity index (χ3n) is 2.66. The third kappa shape index (κ3) is 2.10. The van der Waals surface area contributed by atoms with Crippen LogP contribution in [0.25, 0.3) is 0 Å². The standard InChI is InChI=1S/C11H11BrFNO2/c12-8-1-2-10(9(13)4-8)14-5-7(6-15)3-11(14)16/h1-2,4,7,15H,3,5-6H2/t7-/m1/s1. The molecule has 0 unspecified atom stereocenters. The Kier molecular flexibility index (Phi) is 3.25. The van der Waals surface area contributed by atoms with E-state index < -0.39 is 5.82 Å². The van der Waals surface area contributed by atoms with E-state index in [1.807, 2.05) is 0 Å². The number of carbonyl (C=O) groups is 1. The molecule has 1 amide bonds. The predicted molar refractivity (Wildman–Crippen MR) is 61.6 cm³/mol. The summed E-state index contributed by atoms with van der Waals surface area (Å²) in [6, 6.07) is 4.59. The maximum atomic E-state index is 13.6. The zero-order chi connectivity index (χ0) is 11.7. The van der Waals surface area contributed by atoms with Crippen molar-refractivity contribution in [1.29, 1.82) is 0 Å². The monoisotopic (exact) mass is 287 g/mol. The van der Waals surface area contributed by atoms with Crippen LogP contribution in [0.3, 0.4) is 0 Å². The molecule has 1 aliphatic rings. The maximum Gasteiger partial charge on any atom is 0.227 e. The number of anilines is 1. The first-order valence-corrected chi connectivity index (χ1v) is 5.77. The molecule has 5 heteroatoms. The molecule has 1 aromatic rings. The van der Waals surface area contributed by atoms with Gasteiger partial charge in [-0.3, -0.25) is 4.79 Å². The second-order valence-electron chi connectivity index (χ2n) is 3.85. The van der Waals surface area contributed by atoms with Gasteiger partial charge in [-0.25, -0.2) is 4.39 Å². The summed E-state index contributed by atoms with van der Waals surface area (Å²) in [6.45, 7) is 0.342. The maximum absolute atomic E-state index is 13.6. The summed E-state index contributed by atoms with van der Waals surface area (Å²) in [5.41, 5.74) is 0.282. The summed E-state index contributed by atoms with van der Waals surface area (Å²) in [4.78, 5) is 13.0. The van der Waals surface area contributed by atoms with E-state index in [0.717, 1.165) is 0 Å². The van der Waals surface area contributed by atoms with E-state index in [1.165, 1.54) is 11.0 Å². The van der Waals surface area contributed by atoms with Crippen molar-refractivity contribution < 1.29 is 14.3 Å². The van der Waals surface area contributed by atoms with Crippen LogP contribution >= 0.6 is 15.9 Å². The number of amides is 1. The lowest BCUT2D eigenvalue weighted by molar-refractivity contribution is -0.117. The number of nitrogens with zero attached hydrogens (tertiary/aromatic N) is 1. The molecule has 1 aromatic carbocycles. The average molecular weight is 288 g/mol. The lowest BCUT2D eigenvalue weighted by Crippen LogP contribution is -2.25. The zero-order valence-corrected chi connectivity index (χ0v) is 10.1. The average Bonchev–Trinajstić information content (AvgIpc) is 2.60. The van der Waals surface area contributed by atoms with Crippen molar-refractivity contribution >= 4 is 27.5 Å². The van der Waals surface area contributed by atoms with Crippen LogP contribution in [0, 0.1) is 11.7 Å². The van der Waals surface area contributed by atoms with E-state index in [-0.39, 0.29) is 30.5 Å². The van der Waals surface area contributed by atoms with E-state index in [2.05, 4.69) is 15.9 Å². The molecule has 1 fully saturated rings. The Bertz CT molecular complexity index is 424. The van der Waals surface area contributed by atoms with E-state index in [0.29, 0.717) is 11.0 Å². The molecule has 1 aliphatic heterocycles. The van der Waals surface area contributed by atoms with Crippen LogP contribution in [0.2, 0.25) is 0 Å². The van der Waals surface area contributed by atoms with E-state index in [9.17, 15) is 9.18 Å². The van der Waals surface area contributed by atoms with Crippen molar-refractivity contribution in [3.63, 3.8) is 0 Å². The molecular weight excluding hydrogens is 277 g/mol. The highest BCUT2D eigenvalue weighted by molar-refractivity contribution is 9.10. The first-order valence-electron chi connectivity index (χ1n) is 4.98. The Morgan fingerprint density at radius 3 is 2.88 bits per heavy atom. The molecule has 0 aromatic heterocycles. The van der Waals surface area contributed by atoms with Gasteiger partial charge in [-0.1, -0.05) is 15.9 Å². The second kappa shape index (κ2) is 4.51. The summed E-state index contributed by atoms with van der Waals surface area (Å²) >= 11 is 3.16. The minimum Gasteiger partial charge on any atom is -0.396 e. The number of carbonyl (C=O) groups excluding carboxylic acids is 1. The number of aliphatic hydroxyl groups excluding tert-OH is 1. The molecule has 0 spiro atoms. The fraction of sp³-hybridized carbons (Fsp3) is 0.364. The quantitative estimate of drug-likeness (QED) is 0.903. The van der Waals surface area contributed by atoms with Gasteiger partial charge in [-0.2, -0.15) is 0 Å². The normalized spacial score (nSPS) is 20.6. The highest BCUT2D eigenvalue weighted by Crippen LogP contribution is 2.28. The first-order chi connectivity index (χ1) is 7.61. The highest BCUT2D eigenvalue weighted by Gasteiger charge is 2.31. The number of benzene rings is 1. The lowest BCUT2D eigenvalue weighted by Gasteiger charge is -2.17. The molecule has 0 aliphatic carbocycles. The van der Waals surface area contributed by atoms with E-state index in [1.54, 1.807) is 12.1 Å². The number of hydrogen-bond acceptors (Lipinski definition) is 2. The van der Waals surface area contributed by atoms with Crippen LogP contribution < -0.4 is 4.90 Å². The summed E-state index contributed by atoms with van der Waals surface area (Å²) in [6.07, 6.45) is 0.284. The summed E-state index contributed by atoms with van der Waals surface area (Å²) < 4.78 is 14.3. The van der Waals surface area contributed by atoms with Crippen molar-refractivity contribution in [3.05, 3.63) is 28.5 Å². The van der Waals surface area contributed by atoms with Gasteiger partial charge in [0.1, 0.15) is 5.82 Å². The van der Waals surface area contributed by atoms with Gasteiger partial charge in [-0.05, 0) is 18.2 Å². The summed E-state index contributed by atoms with van der Waals surface area (Å²) in [5.74, 6) is -0.655. The van der Waals surface area contributed by atoms with Crippen LogP contribution in [0.15, 0.2) is 22.7 Å². The molecule has 0 radical (unpaired) electrons. The van der Waals surface area contributed by atoms with Gasteiger partial charge in [0.25, 0.3) is 0 Å². The first kappa shape index (κ1) is 11.5. The van der Waals surface area contributed by atoms with Crippen LogP contribution in [-0.2, 0) is 4.79 Å². The van der Waals surface area contributed by atoms with Crippen molar-refractivity contribution in [2.75, 3.05) is 18.1 Å². The van der Waals surface area contributed by atoms with Crippen LogP contribution in [0.5, 0.6) is 0 Å². The second-order valence-corrected chi connectivity index (χ2v) is 4.77. The Morgan fingerprint density at radius 2 is 2.31 bits per heavy atom. The van der Waals surface area contributed by atoms with Gasteiger partial charge >= 0.3 is 0 Å². The Morgan fingerprint density at radius 1 is 1.56 bits per heavy atom. The SMILES string of the molecule is O=C1C[C@@H](CO)CN1c1ccc(Br)cc1F. The highest BCUT2D eigenvalue weighted by atomic mass is 79.9. The molecule has 2 rings (SSSR count). The topological polar surface area (TPSA) is 40.5 Å². The lowest BCUT2D eigenvalue weighted by atomic mass is 10.1. The molecule has 1 atom stereocenters. The molecule has 3 nitrogen and oxygen atoms in total. The van der Waals surface area contributed by atoms with Gasteiger partial charge in [0.05, 0.1) is 5.69 Å². The fourth-order valence-corrected chi connectivity index (χ4v) is 2.17. The van der Waals surface area contributed by atoms with Gasteiger partial charge in [0, 0.05) is 30.0 Å². The fourth-order valence-electron chi connectivity index (χ4n) is 1.84. The molecular formula is C11H11BrFNO2. The molecule has 86 valence electrons.